The lowest BCUT2D eigenvalue weighted by Gasteiger charge is -2.17. The first-order valence-corrected chi connectivity index (χ1v) is 5.96. The van der Waals surface area contributed by atoms with Gasteiger partial charge in [-0.15, -0.1) is 0 Å². The summed E-state index contributed by atoms with van der Waals surface area (Å²) in [6, 6.07) is 5.38. The number of aromatic nitrogens is 1. The van der Waals surface area contributed by atoms with Crippen molar-refractivity contribution in [3.05, 3.63) is 52.7 Å². The molecule has 2 N–H and O–H groups in total. The second kappa shape index (κ2) is 4.46. The summed E-state index contributed by atoms with van der Waals surface area (Å²) in [6.45, 7) is 0.827. The minimum atomic E-state index is -0.630. The van der Waals surface area contributed by atoms with Crippen LogP contribution < -0.4 is 10.6 Å². The molecule has 0 atom stereocenters. The zero-order valence-corrected chi connectivity index (χ0v) is 10.4. The Hall–Kier alpha value is -2.68. The Kier molecular flexibility index (Phi) is 2.75. The van der Waals surface area contributed by atoms with Gasteiger partial charge in [-0.2, -0.15) is 5.26 Å². The van der Waals surface area contributed by atoms with Crippen LogP contribution in [0, 0.1) is 23.0 Å². The summed E-state index contributed by atoms with van der Waals surface area (Å²) in [7, 11) is 0. The maximum Gasteiger partial charge on any atom is 0.141 e. The number of fused-ring (bicyclic) bond motifs is 1. The monoisotopic (exact) mass is 272 g/mol. The van der Waals surface area contributed by atoms with E-state index in [1.807, 2.05) is 6.07 Å². The normalized spacial score (nSPS) is 13.2. The Morgan fingerprint density at radius 3 is 2.55 bits per heavy atom. The Morgan fingerprint density at radius 2 is 1.90 bits per heavy atom. The number of anilines is 2. The number of nitrogens with two attached hydrogens (primary N) is 1. The third-order valence-electron chi connectivity index (χ3n) is 3.34. The molecule has 2 heterocycles. The number of benzene rings is 1. The molecule has 1 aliphatic heterocycles. The Morgan fingerprint density at radius 1 is 1.20 bits per heavy atom. The maximum absolute atomic E-state index is 13.3. The second-order valence-electron chi connectivity index (χ2n) is 4.62. The molecule has 0 fully saturated rings. The quantitative estimate of drug-likeness (QED) is 0.865. The lowest BCUT2D eigenvalue weighted by Crippen LogP contribution is -2.15. The van der Waals surface area contributed by atoms with E-state index in [1.165, 1.54) is 12.1 Å². The van der Waals surface area contributed by atoms with Crippen LogP contribution in [-0.2, 0) is 13.1 Å². The number of nitrogens with zero attached hydrogens (tertiary/aromatic N) is 3. The molecule has 0 saturated carbocycles. The zero-order chi connectivity index (χ0) is 14.3. The highest BCUT2D eigenvalue weighted by Crippen LogP contribution is 2.32. The molecule has 2 aromatic rings. The summed E-state index contributed by atoms with van der Waals surface area (Å²) in [5.74, 6) is -1.08. The van der Waals surface area contributed by atoms with E-state index in [4.69, 9.17) is 11.0 Å². The molecule has 20 heavy (non-hydrogen) atoms. The molecular formula is C14H10F2N4. The zero-order valence-electron chi connectivity index (χ0n) is 10.4. The van der Waals surface area contributed by atoms with Crippen LogP contribution in [0.15, 0.2) is 24.4 Å². The van der Waals surface area contributed by atoms with Crippen molar-refractivity contribution in [2.24, 2.45) is 0 Å². The van der Waals surface area contributed by atoms with Crippen molar-refractivity contribution in [3.8, 4) is 6.07 Å². The molecule has 0 amide bonds. The minimum Gasteiger partial charge on any atom is -0.383 e. The molecule has 0 unspecified atom stereocenters. The fourth-order valence-corrected chi connectivity index (χ4v) is 2.40. The van der Waals surface area contributed by atoms with E-state index in [2.05, 4.69) is 4.98 Å². The number of halogens is 2. The highest BCUT2D eigenvalue weighted by Gasteiger charge is 2.24. The molecule has 1 aromatic carbocycles. The van der Waals surface area contributed by atoms with E-state index in [9.17, 15) is 8.78 Å². The molecular weight excluding hydrogens is 262 g/mol. The molecule has 1 aromatic heterocycles. The predicted octanol–water partition coefficient (Wildman–Crippen LogP) is 2.33. The molecule has 0 bridgehead atoms. The van der Waals surface area contributed by atoms with E-state index in [-0.39, 0.29) is 5.82 Å². The van der Waals surface area contributed by atoms with Crippen LogP contribution in [0.4, 0.5) is 20.3 Å². The van der Waals surface area contributed by atoms with Crippen molar-refractivity contribution in [2.45, 2.75) is 13.1 Å². The molecule has 3 rings (SSSR count). The Labute approximate surface area is 114 Å². The first-order valence-electron chi connectivity index (χ1n) is 5.96. The highest BCUT2D eigenvalue weighted by molar-refractivity contribution is 5.61. The first kappa shape index (κ1) is 12.4. The summed E-state index contributed by atoms with van der Waals surface area (Å²) >= 11 is 0. The van der Waals surface area contributed by atoms with Crippen LogP contribution in [0.2, 0.25) is 0 Å². The third-order valence-corrected chi connectivity index (χ3v) is 3.34. The van der Waals surface area contributed by atoms with Crippen molar-refractivity contribution < 1.29 is 8.78 Å². The van der Waals surface area contributed by atoms with E-state index >= 15 is 0 Å². The van der Waals surface area contributed by atoms with E-state index in [0.717, 1.165) is 17.2 Å². The van der Waals surface area contributed by atoms with Gasteiger partial charge >= 0.3 is 0 Å². The van der Waals surface area contributed by atoms with Crippen LogP contribution in [0.3, 0.4) is 0 Å². The van der Waals surface area contributed by atoms with Crippen molar-refractivity contribution in [2.75, 3.05) is 10.6 Å². The standard InChI is InChI=1S/C14H10F2N4/c15-9-1-10(16)3-11(2-9)20-6-8-5-19-14(18)12(4-17)13(8)7-20/h1-3,5H,6-7H2,(H2,18,19). The van der Waals surface area contributed by atoms with Gasteiger partial charge in [-0.1, -0.05) is 0 Å². The van der Waals surface area contributed by atoms with E-state index in [1.54, 1.807) is 11.1 Å². The van der Waals surface area contributed by atoms with Crippen LogP contribution >= 0.6 is 0 Å². The Bertz CT molecular complexity index is 716. The molecule has 1 aliphatic rings. The fourth-order valence-electron chi connectivity index (χ4n) is 2.40. The summed E-state index contributed by atoms with van der Waals surface area (Å²) in [6.07, 6.45) is 1.60. The van der Waals surface area contributed by atoms with Gasteiger partial charge in [-0.3, -0.25) is 0 Å². The van der Waals surface area contributed by atoms with Crippen molar-refractivity contribution in [1.82, 2.24) is 4.98 Å². The lowest BCUT2D eigenvalue weighted by atomic mass is 10.1. The van der Waals surface area contributed by atoms with Crippen molar-refractivity contribution >= 4 is 11.5 Å². The molecule has 4 nitrogen and oxygen atoms in total. The number of hydrogen-bond acceptors (Lipinski definition) is 4. The largest absolute Gasteiger partial charge is 0.383 e. The first-order chi connectivity index (χ1) is 9.58. The average molecular weight is 272 g/mol. The topological polar surface area (TPSA) is 65.9 Å². The van der Waals surface area contributed by atoms with Gasteiger partial charge < -0.3 is 10.6 Å². The number of pyridine rings is 1. The number of hydrogen-bond donors (Lipinski definition) is 1. The minimum absolute atomic E-state index is 0.179. The maximum atomic E-state index is 13.3. The second-order valence-corrected chi connectivity index (χ2v) is 4.62. The van der Waals surface area contributed by atoms with Crippen LogP contribution in [0.1, 0.15) is 16.7 Å². The van der Waals surface area contributed by atoms with Gasteiger partial charge in [-0.25, -0.2) is 13.8 Å². The van der Waals surface area contributed by atoms with Gasteiger partial charge in [0.25, 0.3) is 0 Å². The van der Waals surface area contributed by atoms with Gasteiger partial charge in [0.1, 0.15) is 23.5 Å². The van der Waals surface area contributed by atoms with Crippen LogP contribution in [-0.4, -0.2) is 4.98 Å². The highest BCUT2D eigenvalue weighted by atomic mass is 19.1. The van der Waals surface area contributed by atoms with Crippen LogP contribution in [0.25, 0.3) is 0 Å². The molecule has 6 heteroatoms. The molecule has 0 spiro atoms. The summed E-state index contributed by atoms with van der Waals surface area (Å²) in [5.41, 5.74) is 8.05. The smallest absolute Gasteiger partial charge is 0.141 e. The lowest BCUT2D eigenvalue weighted by molar-refractivity contribution is 0.582. The number of rotatable bonds is 1. The number of nitriles is 1. The molecule has 100 valence electrons. The SMILES string of the molecule is N#Cc1c(N)ncc2c1CN(c1cc(F)cc(F)c1)C2. The van der Waals surface area contributed by atoms with Gasteiger partial charge in [0.15, 0.2) is 0 Å². The molecule has 0 radical (unpaired) electrons. The fraction of sp³-hybridized carbons (Fsp3) is 0.143. The van der Waals surface area contributed by atoms with E-state index in [0.29, 0.717) is 24.3 Å². The summed E-state index contributed by atoms with van der Waals surface area (Å²) < 4.78 is 26.5. The van der Waals surface area contributed by atoms with Gasteiger partial charge in [0.2, 0.25) is 0 Å². The van der Waals surface area contributed by atoms with Gasteiger partial charge in [0.05, 0.1) is 5.56 Å². The van der Waals surface area contributed by atoms with E-state index < -0.39 is 11.6 Å². The predicted molar refractivity (Wildman–Crippen MR) is 69.6 cm³/mol. The average Bonchev–Trinajstić information content (AvgIpc) is 2.81. The third kappa shape index (κ3) is 1.93. The van der Waals surface area contributed by atoms with Gasteiger partial charge in [-0.05, 0) is 23.3 Å². The number of nitrogen functional groups attached to an aromatic ring is 1. The van der Waals surface area contributed by atoms with Crippen molar-refractivity contribution in [3.63, 3.8) is 0 Å². The van der Waals surface area contributed by atoms with Gasteiger partial charge in [0, 0.05) is 31.0 Å². The van der Waals surface area contributed by atoms with Crippen LogP contribution in [0.5, 0.6) is 0 Å². The summed E-state index contributed by atoms with van der Waals surface area (Å²) in [4.78, 5) is 5.74. The Balaban J connectivity index is 2.00. The van der Waals surface area contributed by atoms with Crippen molar-refractivity contribution in [1.29, 1.82) is 5.26 Å². The molecule has 0 saturated heterocycles. The molecule has 0 aliphatic carbocycles. The summed E-state index contributed by atoms with van der Waals surface area (Å²) in [5, 5.41) is 9.12.